The third-order valence-corrected chi connectivity index (χ3v) is 2.03. The highest BCUT2D eigenvalue weighted by Gasteiger charge is 2.11. The van der Waals surface area contributed by atoms with Gasteiger partial charge in [-0.05, 0) is 12.1 Å². The summed E-state index contributed by atoms with van der Waals surface area (Å²) in [5.41, 5.74) is 5.56. The van der Waals surface area contributed by atoms with E-state index in [9.17, 15) is 13.6 Å². The number of nitrogens with zero attached hydrogens (tertiary/aromatic N) is 1. The van der Waals surface area contributed by atoms with Gasteiger partial charge in [-0.1, -0.05) is 0 Å². The van der Waals surface area contributed by atoms with Crippen molar-refractivity contribution in [3.63, 3.8) is 0 Å². The maximum absolute atomic E-state index is 12.9. The van der Waals surface area contributed by atoms with Crippen molar-refractivity contribution >= 4 is 17.4 Å². The molecule has 0 radical (unpaired) electrons. The lowest BCUT2D eigenvalue weighted by Crippen LogP contribution is -2.13. The van der Waals surface area contributed by atoms with Gasteiger partial charge in [0.2, 0.25) is 0 Å². The van der Waals surface area contributed by atoms with Gasteiger partial charge in [-0.2, -0.15) is 5.10 Å². The minimum absolute atomic E-state index is 0.142. The predicted octanol–water partition coefficient (Wildman–Crippen LogP) is 1.52. The summed E-state index contributed by atoms with van der Waals surface area (Å²) >= 11 is 0. The van der Waals surface area contributed by atoms with E-state index in [2.05, 4.69) is 15.5 Å². The van der Waals surface area contributed by atoms with Gasteiger partial charge in [0.1, 0.15) is 11.6 Å². The second-order valence-electron chi connectivity index (χ2n) is 3.31. The molecule has 0 bridgehead atoms. The van der Waals surface area contributed by atoms with Crippen molar-refractivity contribution in [1.82, 2.24) is 10.2 Å². The van der Waals surface area contributed by atoms with Gasteiger partial charge in [-0.15, -0.1) is 0 Å². The van der Waals surface area contributed by atoms with E-state index < -0.39 is 17.5 Å². The Morgan fingerprint density at radius 1 is 1.29 bits per heavy atom. The van der Waals surface area contributed by atoms with E-state index in [0.717, 1.165) is 12.1 Å². The molecule has 17 heavy (non-hydrogen) atoms. The Morgan fingerprint density at radius 3 is 2.47 bits per heavy atom. The first kappa shape index (κ1) is 11.1. The highest BCUT2D eigenvalue weighted by molar-refractivity contribution is 6.04. The van der Waals surface area contributed by atoms with E-state index >= 15 is 0 Å². The minimum atomic E-state index is -0.826. The van der Waals surface area contributed by atoms with Crippen LogP contribution >= 0.6 is 0 Å². The molecule has 2 rings (SSSR count). The maximum atomic E-state index is 12.9. The molecule has 1 aromatic carbocycles. The summed E-state index contributed by atoms with van der Waals surface area (Å²) in [4.78, 5) is 11.6. The van der Waals surface area contributed by atoms with Crippen molar-refractivity contribution in [2.45, 2.75) is 0 Å². The lowest BCUT2D eigenvalue weighted by Gasteiger charge is -2.04. The number of hydrogen-bond donors (Lipinski definition) is 3. The van der Waals surface area contributed by atoms with Gasteiger partial charge in [0.15, 0.2) is 5.82 Å². The first-order valence-electron chi connectivity index (χ1n) is 4.62. The van der Waals surface area contributed by atoms with Gasteiger partial charge in [-0.3, -0.25) is 9.89 Å². The zero-order chi connectivity index (χ0) is 12.4. The van der Waals surface area contributed by atoms with Crippen LogP contribution in [0.25, 0.3) is 0 Å². The quantitative estimate of drug-likeness (QED) is 0.741. The molecule has 0 spiro atoms. The second kappa shape index (κ2) is 4.20. The van der Waals surface area contributed by atoms with Crippen LogP contribution in [0.5, 0.6) is 0 Å². The monoisotopic (exact) mass is 238 g/mol. The number of rotatable bonds is 2. The minimum Gasteiger partial charge on any atom is -0.394 e. The molecule has 0 saturated heterocycles. The maximum Gasteiger partial charge on any atom is 0.257 e. The lowest BCUT2D eigenvalue weighted by atomic mass is 10.2. The van der Waals surface area contributed by atoms with Crippen molar-refractivity contribution < 1.29 is 13.6 Å². The zero-order valence-corrected chi connectivity index (χ0v) is 8.50. The molecule has 2 aromatic rings. The van der Waals surface area contributed by atoms with Crippen LogP contribution in [0.4, 0.5) is 20.3 Å². The van der Waals surface area contributed by atoms with Crippen molar-refractivity contribution in [1.29, 1.82) is 0 Å². The Bertz CT molecular complexity index is 547. The van der Waals surface area contributed by atoms with Crippen LogP contribution < -0.4 is 11.1 Å². The number of carbonyl (C=O) groups excluding carboxylic acids is 1. The van der Waals surface area contributed by atoms with Crippen LogP contribution in [-0.4, -0.2) is 16.1 Å². The third kappa shape index (κ3) is 2.39. The number of carbonyl (C=O) groups is 1. The van der Waals surface area contributed by atoms with E-state index in [-0.39, 0.29) is 17.1 Å². The van der Waals surface area contributed by atoms with Crippen molar-refractivity contribution in [2.24, 2.45) is 0 Å². The summed E-state index contributed by atoms with van der Waals surface area (Å²) in [7, 11) is 0. The molecule has 0 unspecified atom stereocenters. The number of anilines is 2. The van der Waals surface area contributed by atoms with Crippen molar-refractivity contribution in [2.75, 3.05) is 11.1 Å². The van der Waals surface area contributed by atoms with Crippen LogP contribution in [0.3, 0.4) is 0 Å². The SMILES string of the molecule is Nc1cn[nH]c1NC(=O)c1cc(F)cc(F)c1. The number of benzene rings is 1. The van der Waals surface area contributed by atoms with Crippen LogP contribution in [0.1, 0.15) is 10.4 Å². The summed E-state index contributed by atoms with van der Waals surface area (Å²) < 4.78 is 25.8. The molecular formula is C10H8F2N4O. The molecule has 88 valence electrons. The van der Waals surface area contributed by atoms with Crippen LogP contribution in [0.2, 0.25) is 0 Å². The van der Waals surface area contributed by atoms with Crippen molar-refractivity contribution in [3.8, 4) is 0 Å². The Labute approximate surface area is 94.6 Å². The summed E-state index contributed by atoms with van der Waals surface area (Å²) in [5.74, 6) is -2.15. The fraction of sp³-hybridized carbons (Fsp3) is 0. The highest BCUT2D eigenvalue weighted by atomic mass is 19.1. The second-order valence-corrected chi connectivity index (χ2v) is 3.31. The van der Waals surface area contributed by atoms with Crippen LogP contribution in [-0.2, 0) is 0 Å². The average Bonchev–Trinajstić information content (AvgIpc) is 2.63. The molecule has 0 aliphatic heterocycles. The van der Waals surface area contributed by atoms with Crippen LogP contribution in [0, 0.1) is 11.6 Å². The molecule has 0 atom stereocenters. The largest absolute Gasteiger partial charge is 0.394 e. The van der Waals surface area contributed by atoms with Gasteiger partial charge in [0.25, 0.3) is 5.91 Å². The number of nitrogens with two attached hydrogens (primary N) is 1. The van der Waals surface area contributed by atoms with Gasteiger partial charge < -0.3 is 11.1 Å². The molecule has 5 nitrogen and oxygen atoms in total. The first-order valence-corrected chi connectivity index (χ1v) is 4.62. The van der Waals surface area contributed by atoms with E-state index in [4.69, 9.17) is 5.73 Å². The summed E-state index contributed by atoms with van der Waals surface area (Å²) in [6, 6.07) is 2.53. The van der Waals surface area contributed by atoms with Crippen LogP contribution in [0.15, 0.2) is 24.4 Å². The van der Waals surface area contributed by atoms with Gasteiger partial charge in [-0.25, -0.2) is 8.78 Å². The normalized spacial score (nSPS) is 10.2. The number of aromatic amines is 1. The van der Waals surface area contributed by atoms with Gasteiger partial charge in [0.05, 0.1) is 11.9 Å². The molecule has 0 aliphatic rings. The smallest absolute Gasteiger partial charge is 0.257 e. The number of H-pyrrole nitrogens is 1. The summed E-state index contributed by atoms with van der Waals surface area (Å²) in [5, 5.41) is 8.38. The lowest BCUT2D eigenvalue weighted by molar-refractivity contribution is 0.102. The first-order chi connectivity index (χ1) is 8.06. The topological polar surface area (TPSA) is 83.8 Å². The molecule has 1 amide bonds. The molecule has 0 saturated carbocycles. The molecule has 1 aromatic heterocycles. The van der Waals surface area contributed by atoms with Crippen molar-refractivity contribution in [3.05, 3.63) is 41.6 Å². The number of amides is 1. The number of nitrogens with one attached hydrogen (secondary N) is 2. The summed E-state index contributed by atoms with van der Waals surface area (Å²) in [6.45, 7) is 0. The van der Waals surface area contributed by atoms with Gasteiger partial charge >= 0.3 is 0 Å². The fourth-order valence-electron chi connectivity index (χ4n) is 1.27. The zero-order valence-electron chi connectivity index (χ0n) is 8.50. The van der Waals surface area contributed by atoms with E-state index in [0.29, 0.717) is 6.07 Å². The molecule has 4 N–H and O–H groups in total. The summed E-state index contributed by atoms with van der Waals surface area (Å²) in [6.07, 6.45) is 1.31. The predicted molar refractivity (Wildman–Crippen MR) is 57.3 cm³/mol. The molecule has 7 heteroatoms. The Morgan fingerprint density at radius 2 is 1.94 bits per heavy atom. The van der Waals surface area contributed by atoms with E-state index in [1.807, 2.05) is 0 Å². The Hall–Kier alpha value is -2.44. The van der Waals surface area contributed by atoms with E-state index in [1.165, 1.54) is 6.20 Å². The number of aromatic nitrogens is 2. The standard InChI is InChI=1S/C10H8F2N4O/c11-6-1-5(2-7(12)3-6)10(17)15-9-8(13)4-14-16-9/h1-4H,13H2,(H2,14,15,16,17). The fourth-order valence-corrected chi connectivity index (χ4v) is 1.27. The molecular weight excluding hydrogens is 230 g/mol. The Balaban J connectivity index is 2.23. The molecule has 1 heterocycles. The number of nitrogen functional groups attached to an aromatic ring is 1. The number of halogens is 2. The molecule has 0 aliphatic carbocycles. The highest BCUT2D eigenvalue weighted by Crippen LogP contribution is 2.15. The molecule has 0 fully saturated rings. The third-order valence-electron chi connectivity index (χ3n) is 2.03. The van der Waals surface area contributed by atoms with E-state index in [1.54, 1.807) is 0 Å². The van der Waals surface area contributed by atoms with Gasteiger partial charge in [0, 0.05) is 11.6 Å². The number of hydrogen-bond acceptors (Lipinski definition) is 3. The average molecular weight is 238 g/mol. The Kier molecular flexibility index (Phi) is 2.73.